The molecule has 1 N–H and O–H groups in total. The van der Waals surface area contributed by atoms with Crippen LogP contribution in [0.25, 0.3) is 0 Å². The van der Waals surface area contributed by atoms with Crippen LogP contribution in [0.1, 0.15) is 17.5 Å². The fourth-order valence-corrected chi connectivity index (χ4v) is 1.45. The average Bonchev–Trinajstić information content (AvgIpc) is 2.15. The lowest BCUT2D eigenvalue weighted by molar-refractivity contribution is -0.131. The summed E-state index contributed by atoms with van der Waals surface area (Å²) in [4.78, 5) is 10.2. The first-order chi connectivity index (χ1) is 7.58. The number of hydrogen-bond donors (Lipinski definition) is 1. The number of carboxylic acids is 1. The summed E-state index contributed by atoms with van der Waals surface area (Å²) in [6, 6.07) is 6.01. The molecule has 1 aromatic carbocycles. The highest BCUT2D eigenvalue weighted by atomic mass is 16.5. The topological polar surface area (TPSA) is 46.5 Å². The first-order valence-corrected chi connectivity index (χ1v) is 5.18. The van der Waals surface area contributed by atoms with Crippen molar-refractivity contribution in [3.05, 3.63) is 41.5 Å². The van der Waals surface area contributed by atoms with E-state index < -0.39 is 5.97 Å². The van der Waals surface area contributed by atoms with E-state index in [1.54, 1.807) is 6.08 Å². The van der Waals surface area contributed by atoms with Gasteiger partial charge in [0, 0.05) is 6.08 Å². The van der Waals surface area contributed by atoms with Gasteiger partial charge in [-0.2, -0.15) is 0 Å². The second kappa shape index (κ2) is 5.95. The van der Waals surface area contributed by atoms with Crippen LogP contribution in [0.15, 0.2) is 30.4 Å². The molecule has 0 unspecified atom stereocenters. The Morgan fingerprint density at radius 1 is 1.31 bits per heavy atom. The number of carbonyl (C=O) groups is 1. The highest BCUT2D eigenvalue weighted by Crippen LogP contribution is 2.16. The fraction of sp³-hybridized carbons (Fsp3) is 0.308. The van der Waals surface area contributed by atoms with Gasteiger partial charge in [-0.05, 0) is 43.5 Å². The molecule has 0 aromatic heterocycles. The Labute approximate surface area is 95.4 Å². The molecule has 1 rings (SSSR count). The Morgan fingerprint density at radius 3 is 2.50 bits per heavy atom. The molecule has 1 aromatic rings. The molecule has 0 saturated carbocycles. The summed E-state index contributed by atoms with van der Waals surface area (Å²) in [6.07, 6.45) is 3.31. The van der Waals surface area contributed by atoms with E-state index in [0.29, 0.717) is 13.0 Å². The number of aryl methyl sites for hydroxylation is 2. The van der Waals surface area contributed by atoms with E-state index >= 15 is 0 Å². The summed E-state index contributed by atoms with van der Waals surface area (Å²) in [6.45, 7) is 4.53. The van der Waals surface area contributed by atoms with Crippen molar-refractivity contribution in [2.24, 2.45) is 0 Å². The molecule has 0 amide bonds. The molecule has 86 valence electrons. The zero-order valence-corrected chi connectivity index (χ0v) is 9.56. The van der Waals surface area contributed by atoms with Gasteiger partial charge in [-0.25, -0.2) is 4.79 Å². The second-order valence-electron chi connectivity index (χ2n) is 3.70. The largest absolute Gasteiger partial charge is 0.493 e. The lowest BCUT2D eigenvalue weighted by Gasteiger charge is -2.06. The summed E-state index contributed by atoms with van der Waals surface area (Å²) >= 11 is 0. The summed E-state index contributed by atoms with van der Waals surface area (Å²) in [7, 11) is 0. The lowest BCUT2D eigenvalue weighted by Crippen LogP contribution is -1.97. The van der Waals surface area contributed by atoms with Crippen molar-refractivity contribution in [1.82, 2.24) is 0 Å². The van der Waals surface area contributed by atoms with E-state index in [2.05, 4.69) is 6.07 Å². The van der Waals surface area contributed by atoms with Crippen LogP contribution in [0.4, 0.5) is 0 Å². The van der Waals surface area contributed by atoms with Crippen molar-refractivity contribution in [3.63, 3.8) is 0 Å². The van der Waals surface area contributed by atoms with Crippen molar-refractivity contribution in [3.8, 4) is 5.75 Å². The molecule has 0 aliphatic heterocycles. The predicted octanol–water partition coefficient (Wildman–Crippen LogP) is 2.71. The second-order valence-corrected chi connectivity index (χ2v) is 3.70. The molecular weight excluding hydrogens is 204 g/mol. The van der Waals surface area contributed by atoms with E-state index in [1.165, 1.54) is 0 Å². The molecular formula is C13H16O3. The number of hydrogen-bond acceptors (Lipinski definition) is 2. The van der Waals surface area contributed by atoms with Crippen LogP contribution >= 0.6 is 0 Å². The van der Waals surface area contributed by atoms with Crippen molar-refractivity contribution < 1.29 is 14.6 Å². The third-order valence-corrected chi connectivity index (χ3v) is 2.01. The quantitative estimate of drug-likeness (QED) is 0.613. The molecule has 0 radical (unpaired) electrons. The Bertz CT molecular complexity index is 374. The van der Waals surface area contributed by atoms with E-state index in [1.807, 2.05) is 26.0 Å². The molecule has 3 heteroatoms. The third-order valence-electron chi connectivity index (χ3n) is 2.01. The normalized spacial score (nSPS) is 10.6. The van der Waals surface area contributed by atoms with Crippen molar-refractivity contribution in [2.45, 2.75) is 20.3 Å². The zero-order chi connectivity index (χ0) is 12.0. The van der Waals surface area contributed by atoms with E-state index in [-0.39, 0.29) is 0 Å². The molecule has 0 spiro atoms. The van der Waals surface area contributed by atoms with Crippen molar-refractivity contribution >= 4 is 5.97 Å². The highest BCUT2D eigenvalue weighted by molar-refractivity contribution is 5.79. The maximum Gasteiger partial charge on any atom is 0.327 e. The minimum absolute atomic E-state index is 0.493. The van der Waals surface area contributed by atoms with E-state index in [4.69, 9.17) is 9.84 Å². The molecule has 0 bridgehead atoms. The smallest absolute Gasteiger partial charge is 0.327 e. The number of rotatable bonds is 5. The Balaban J connectivity index is 2.40. The van der Waals surface area contributed by atoms with Crippen LogP contribution < -0.4 is 4.74 Å². The van der Waals surface area contributed by atoms with Crippen LogP contribution in [-0.4, -0.2) is 17.7 Å². The molecule has 3 nitrogen and oxygen atoms in total. The van der Waals surface area contributed by atoms with Gasteiger partial charge in [0.25, 0.3) is 0 Å². The maximum absolute atomic E-state index is 10.2. The molecule has 0 atom stereocenters. The Hall–Kier alpha value is -1.77. The SMILES string of the molecule is Cc1cc(C)cc(OCC/C=C/C(=O)O)c1. The van der Waals surface area contributed by atoms with Crippen molar-refractivity contribution in [1.29, 1.82) is 0 Å². The van der Waals surface area contributed by atoms with Gasteiger partial charge in [0.05, 0.1) is 6.61 Å². The van der Waals surface area contributed by atoms with E-state index in [9.17, 15) is 4.79 Å². The third kappa shape index (κ3) is 4.64. The summed E-state index contributed by atoms with van der Waals surface area (Å²) in [5, 5.41) is 8.38. The van der Waals surface area contributed by atoms with Crippen LogP contribution in [-0.2, 0) is 4.79 Å². The number of carboxylic acid groups (broad SMARTS) is 1. The van der Waals surface area contributed by atoms with Crippen LogP contribution in [0.5, 0.6) is 5.75 Å². The standard InChI is InChI=1S/C13H16O3/c1-10-7-11(2)9-12(8-10)16-6-4-3-5-13(14)15/h3,5,7-9H,4,6H2,1-2H3,(H,14,15)/b5-3+. The molecule has 0 heterocycles. The first-order valence-electron chi connectivity index (χ1n) is 5.18. The van der Waals surface area contributed by atoms with Gasteiger partial charge in [-0.1, -0.05) is 12.1 Å². The van der Waals surface area contributed by atoms with Gasteiger partial charge in [0.1, 0.15) is 5.75 Å². The van der Waals surface area contributed by atoms with Crippen LogP contribution in [0.3, 0.4) is 0 Å². The predicted molar refractivity (Wildman–Crippen MR) is 62.8 cm³/mol. The number of benzene rings is 1. The molecule has 0 aliphatic rings. The minimum Gasteiger partial charge on any atom is -0.493 e. The Morgan fingerprint density at radius 2 is 1.94 bits per heavy atom. The monoisotopic (exact) mass is 220 g/mol. The van der Waals surface area contributed by atoms with Gasteiger partial charge >= 0.3 is 5.97 Å². The van der Waals surface area contributed by atoms with Crippen LogP contribution in [0.2, 0.25) is 0 Å². The van der Waals surface area contributed by atoms with E-state index in [0.717, 1.165) is 23.0 Å². The molecule has 0 fully saturated rings. The first kappa shape index (κ1) is 12.3. The lowest BCUT2D eigenvalue weighted by atomic mass is 10.1. The molecule has 16 heavy (non-hydrogen) atoms. The highest BCUT2D eigenvalue weighted by Gasteiger charge is 1.96. The summed E-state index contributed by atoms with van der Waals surface area (Å²) in [5.41, 5.74) is 2.33. The molecule has 0 aliphatic carbocycles. The van der Waals surface area contributed by atoms with Gasteiger partial charge in [-0.3, -0.25) is 0 Å². The average molecular weight is 220 g/mol. The summed E-state index contributed by atoms with van der Waals surface area (Å²) in [5.74, 6) is -0.0902. The summed E-state index contributed by atoms with van der Waals surface area (Å²) < 4.78 is 5.51. The zero-order valence-electron chi connectivity index (χ0n) is 9.56. The molecule has 0 saturated heterocycles. The van der Waals surface area contributed by atoms with Crippen molar-refractivity contribution in [2.75, 3.05) is 6.61 Å². The maximum atomic E-state index is 10.2. The van der Waals surface area contributed by atoms with Gasteiger partial charge in [0.2, 0.25) is 0 Å². The van der Waals surface area contributed by atoms with Gasteiger partial charge < -0.3 is 9.84 Å². The fourth-order valence-electron chi connectivity index (χ4n) is 1.45. The number of ether oxygens (including phenoxy) is 1. The van der Waals surface area contributed by atoms with Gasteiger partial charge in [-0.15, -0.1) is 0 Å². The Kier molecular flexibility index (Phi) is 4.58. The number of aliphatic carboxylic acids is 1. The van der Waals surface area contributed by atoms with Gasteiger partial charge in [0.15, 0.2) is 0 Å². The minimum atomic E-state index is -0.925. The van der Waals surface area contributed by atoms with Crippen LogP contribution in [0, 0.1) is 13.8 Å².